The molecule has 3 aromatic rings. The molecule has 0 saturated heterocycles. The first kappa shape index (κ1) is 26.0. The van der Waals surface area contributed by atoms with Crippen LogP contribution in [0.1, 0.15) is 32.6 Å². The topological polar surface area (TPSA) is 58.6 Å². The summed E-state index contributed by atoms with van der Waals surface area (Å²) in [5.74, 6) is 0.376. The highest BCUT2D eigenvalue weighted by Crippen LogP contribution is 2.19. The van der Waals surface area contributed by atoms with Crippen LogP contribution in [-0.4, -0.2) is 36.9 Å². The molecule has 35 heavy (non-hydrogen) atoms. The van der Waals surface area contributed by atoms with Crippen LogP contribution in [0.3, 0.4) is 0 Å². The third-order valence-corrected chi connectivity index (χ3v) is 6.16. The summed E-state index contributed by atoms with van der Waals surface area (Å²) in [4.78, 5) is 27.6. The van der Waals surface area contributed by atoms with Crippen LogP contribution < -0.4 is 10.1 Å². The number of nitrogens with zero attached hydrogens (tertiary/aromatic N) is 1. The molecule has 0 fully saturated rings. The maximum Gasteiger partial charge on any atom is 0.254 e. The minimum absolute atomic E-state index is 0.0967. The summed E-state index contributed by atoms with van der Waals surface area (Å²) < 4.78 is 5.34. The molecule has 2 amide bonds. The second-order valence-electron chi connectivity index (χ2n) is 8.52. The first-order valence-corrected chi connectivity index (χ1v) is 11.8. The van der Waals surface area contributed by atoms with Gasteiger partial charge in [0.2, 0.25) is 5.91 Å². The number of hydrogen-bond donors (Lipinski definition) is 1. The van der Waals surface area contributed by atoms with Gasteiger partial charge in [-0.1, -0.05) is 65.7 Å². The molecule has 0 aliphatic rings. The van der Waals surface area contributed by atoms with Gasteiger partial charge in [-0.05, 0) is 55.7 Å². The lowest BCUT2D eigenvalue weighted by Gasteiger charge is -2.27. The van der Waals surface area contributed by atoms with Gasteiger partial charge in [0.05, 0.1) is 13.2 Å². The van der Waals surface area contributed by atoms with Gasteiger partial charge in [0, 0.05) is 35.8 Å². The van der Waals surface area contributed by atoms with E-state index in [-0.39, 0.29) is 17.9 Å². The van der Waals surface area contributed by atoms with Crippen molar-refractivity contribution in [1.82, 2.24) is 10.2 Å². The van der Waals surface area contributed by atoms with E-state index >= 15 is 0 Å². The fourth-order valence-corrected chi connectivity index (χ4v) is 4.00. The quantitative estimate of drug-likeness (QED) is 0.402. The molecule has 182 valence electrons. The summed E-state index contributed by atoms with van der Waals surface area (Å²) in [6.07, 6.45) is 3.80. The van der Waals surface area contributed by atoms with Gasteiger partial charge in [0.1, 0.15) is 5.75 Å². The lowest BCUT2D eigenvalue weighted by Crippen LogP contribution is -2.38. The fourth-order valence-electron chi connectivity index (χ4n) is 3.88. The molecule has 0 radical (unpaired) electrons. The van der Waals surface area contributed by atoms with Crippen LogP contribution in [0.15, 0.2) is 78.9 Å². The number of aryl methyl sites for hydroxylation is 2. The zero-order chi connectivity index (χ0) is 25.4. The molecule has 0 aromatic heterocycles. The third kappa shape index (κ3) is 7.20. The van der Waals surface area contributed by atoms with Crippen LogP contribution in [0.25, 0.3) is 0 Å². The van der Waals surface area contributed by atoms with E-state index in [1.54, 1.807) is 25.1 Å². The number of amides is 2. The number of nitrogens with one attached hydrogen (secondary N) is 1. The lowest BCUT2D eigenvalue weighted by molar-refractivity contribution is -0.116. The molecular weight excluding hydrogens is 460 g/mol. The van der Waals surface area contributed by atoms with E-state index in [4.69, 9.17) is 16.3 Å². The fraction of sp³-hybridized carbons (Fsp3) is 0.241. The lowest BCUT2D eigenvalue weighted by atomic mass is 10.0. The number of likely N-dealkylation sites (N-methyl/N-ethyl adjacent to an activating group) is 1. The highest BCUT2D eigenvalue weighted by molar-refractivity contribution is 6.30. The molecule has 0 aliphatic carbocycles. The van der Waals surface area contributed by atoms with Crippen molar-refractivity contribution in [2.45, 2.75) is 32.9 Å². The predicted molar refractivity (Wildman–Crippen MR) is 141 cm³/mol. The van der Waals surface area contributed by atoms with Crippen LogP contribution in [0.4, 0.5) is 0 Å². The molecule has 6 heteroatoms. The molecule has 3 rings (SSSR count). The van der Waals surface area contributed by atoms with Gasteiger partial charge in [0.25, 0.3) is 5.91 Å². The number of methoxy groups -OCH3 is 1. The summed E-state index contributed by atoms with van der Waals surface area (Å²) in [6.45, 7) is 4.27. The van der Waals surface area contributed by atoms with Crippen molar-refractivity contribution in [3.63, 3.8) is 0 Å². The number of rotatable bonds is 9. The van der Waals surface area contributed by atoms with Gasteiger partial charge < -0.3 is 15.0 Å². The first-order valence-electron chi connectivity index (χ1n) is 11.4. The molecule has 0 aliphatic heterocycles. The summed E-state index contributed by atoms with van der Waals surface area (Å²) in [5, 5.41) is 3.54. The molecule has 5 nitrogen and oxygen atoms in total. The number of ether oxygens (including phenoxy) is 1. The number of benzene rings is 3. The van der Waals surface area contributed by atoms with Gasteiger partial charge >= 0.3 is 0 Å². The van der Waals surface area contributed by atoms with E-state index in [2.05, 4.69) is 5.32 Å². The van der Waals surface area contributed by atoms with Crippen molar-refractivity contribution in [1.29, 1.82) is 0 Å². The van der Waals surface area contributed by atoms with Crippen LogP contribution >= 0.6 is 11.6 Å². The summed E-state index contributed by atoms with van der Waals surface area (Å²) >= 11 is 6.04. The molecule has 0 saturated carbocycles. The van der Waals surface area contributed by atoms with E-state index in [9.17, 15) is 9.59 Å². The highest BCUT2D eigenvalue weighted by atomic mass is 35.5. The van der Waals surface area contributed by atoms with Gasteiger partial charge in [-0.3, -0.25) is 9.59 Å². The Bertz CT molecular complexity index is 1200. The Hall–Kier alpha value is -3.57. The SMILES string of the molecule is COc1ccccc1CNC(=O)C=CC(Cc1ccc(Cl)cc1)N(C)C(=O)c1ccc(C)cc1C. The Kier molecular flexibility index (Phi) is 9.10. The molecule has 1 unspecified atom stereocenters. The highest BCUT2D eigenvalue weighted by Gasteiger charge is 2.21. The number of para-hydroxylation sites is 1. The van der Waals surface area contributed by atoms with Crippen molar-refractivity contribution >= 4 is 23.4 Å². The maximum atomic E-state index is 13.3. The number of carbonyl (C=O) groups excluding carboxylic acids is 2. The standard InChI is InChI=1S/C29H31ClN2O3/c1-20-9-15-26(21(2)17-20)29(34)32(3)25(18-22-10-12-24(30)13-11-22)14-16-28(33)31-19-23-7-5-6-8-27(23)35-4/h5-17,25H,18-19H2,1-4H3,(H,31,33). The Morgan fingerprint density at radius 1 is 1.06 bits per heavy atom. The number of carbonyl (C=O) groups is 2. The van der Waals surface area contributed by atoms with Crippen molar-refractivity contribution in [3.05, 3.63) is 112 Å². The van der Waals surface area contributed by atoms with E-state index in [1.807, 2.05) is 80.6 Å². The van der Waals surface area contributed by atoms with Gasteiger partial charge in [-0.15, -0.1) is 0 Å². The maximum absolute atomic E-state index is 13.3. The first-order chi connectivity index (χ1) is 16.8. The molecule has 1 N–H and O–H groups in total. The molecule has 3 aromatic carbocycles. The van der Waals surface area contributed by atoms with E-state index < -0.39 is 0 Å². The second kappa shape index (κ2) is 12.2. The predicted octanol–water partition coefficient (Wildman–Crippen LogP) is 5.52. The zero-order valence-corrected chi connectivity index (χ0v) is 21.3. The van der Waals surface area contributed by atoms with E-state index in [0.29, 0.717) is 23.6 Å². The van der Waals surface area contributed by atoms with Gasteiger partial charge in [-0.2, -0.15) is 0 Å². The zero-order valence-electron chi connectivity index (χ0n) is 20.5. The summed E-state index contributed by atoms with van der Waals surface area (Å²) in [7, 11) is 3.36. The van der Waals surface area contributed by atoms with Gasteiger partial charge in [-0.25, -0.2) is 0 Å². The average Bonchev–Trinajstić information content (AvgIpc) is 2.85. The minimum atomic E-state index is -0.332. The van der Waals surface area contributed by atoms with Crippen LogP contribution in [0, 0.1) is 13.8 Å². The molecular formula is C29H31ClN2O3. The molecule has 1 atom stereocenters. The van der Waals surface area contributed by atoms with E-state index in [0.717, 1.165) is 28.0 Å². The van der Waals surface area contributed by atoms with Crippen molar-refractivity contribution in [2.24, 2.45) is 0 Å². The second-order valence-corrected chi connectivity index (χ2v) is 8.96. The minimum Gasteiger partial charge on any atom is -0.496 e. The van der Waals surface area contributed by atoms with Gasteiger partial charge in [0.15, 0.2) is 0 Å². The van der Waals surface area contributed by atoms with Crippen LogP contribution in [0.2, 0.25) is 5.02 Å². The Morgan fingerprint density at radius 3 is 2.46 bits per heavy atom. The Morgan fingerprint density at radius 2 is 1.77 bits per heavy atom. The van der Waals surface area contributed by atoms with Crippen molar-refractivity contribution < 1.29 is 14.3 Å². The van der Waals surface area contributed by atoms with Crippen LogP contribution in [0.5, 0.6) is 5.75 Å². The van der Waals surface area contributed by atoms with Crippen LogP contribution in [-0.2, 0) is 17.8 Å². The largest absolute Gasteiger partial charge is 0.496 e. The van der Waals surface area contributed by atoms with E-state index in [1.165, 1.54) is 6.08 Å². The molecule has 0 spiro atoms. The molecule has 0 bridgehead atoms. The Balaban J connectivity index is 1.77. The Labute approximate surface area is 212 Å². The summed E-state index contributed by atoms with van der Waals surface area (Å²) in [6, 6.07) is 20.5. The number of hydrogen-bond acceptors (Lipinski definition) is 3. The monoisotopic (exact) mass is 490 g/mol. The summed E-state index contributed by atoms with van der Waals surface area (Å²) in [5.41, 5.74) is 4.57. The average molecular weight is 491 g/mol. The third-order valence-electron chi connectivity index (χ3n) is 5.90. The van der Waals surface area contributed by atoms with Crippen molar-refractivity contribution in [2.75, 3.05) is 14.2 Å². The smallest absolute Gasteiger partial charge is 0.254 e. The molecule has 0 heterocycles. The normalized spacial score (nSPS) is 11.8. The van der Waals surface area contributed by atoms with Crippen molar-refractivity contribution in [3.8, 4) is 5.75 Å². The number of halogens is 1.